The van der Waals surface area contributed by atoms with Crippen molar-refractivity contribution in [2.75, 3.05) is 32.7 Å². The van der Waals surface area contributed by atoms with Crippen LogP contribution in [0.2, 0.25) is 0 Å². The number of rotatable bonds is 4. The smallest absolute Gasteiger partial charge is 0.290 e. The van der Waals surface area contributed by atoms with E-state index in [4.69, 9.17) is 0 Å². The standard InChI is InChI=1S/C15H20N2O2/c1-2-16-8-10-17(11-9-16)15(19)14(18)12-13-6-4-3-5-7-13/h3-7H,2,8-12H2,1H3. The summed E-state index contributed by atoms with van der Waals surface area (Å²) in [6.07, 6.45) is 0.202. The number of carbonyl (C=O) groups excluding carboxylic acids is 2. The lowest BCUT2D eigenvalue weighted by atomic mass is 10.1. The van der Waals surface area contributed by atoms with Crippen molar-refractivity contribution >= 4 is 11.7 Å². The molecule has 0 radical (unpaired) electrons. The monoisotopic (exact) mass is 260 g/mol. The number of hydrogen-bond acceptors (Lipinski definition) is 3. The second-order valence-electron chi connectivity index (χ2n) is 4.81. The summed E-state index contributed by atoms with van der Waals surface area (Å²) < 4.78 is 0. The first-order valence-electron chi connectivity index (χ1n) is 6.79. The van der Waals surface area contributed by atoms with Crippen LogP contribution in [0.4, 0.5) is 0 Å². The normalized spacial score (nSPS) is 16.4. The minimum Gasteiger partial charge on any atom is -0.334 e. The zero-order valence-electron chi connectivity index (χ0n) is 11.3. The van der Waals surface area contributed by atoms with Gasteiger partial charge in [0.25, 0.3) is 5.91 Å². The van der Waals surface area contributed by atoms with Crippen LogP contribution in [0.5, 0.6) is 0 Å². The Morgan fingerprint density at radius 2 is 1.68 bits per heavy atom. The SMILES string of the molecule is CCN1CCN(C(=O)C(=O)Cc2ccccc2)CC1. The molecule has 0 aromatic heterocycles. The molecule has 0 spiro atoms. The van der Waals surface area contributed by atoms with E-state index in [0.29, 0.717) is 13.1 Å². The van der Waals surface area contributed by atoms with Gasteiger partial charge in [0, 0.05) is 32.6 Å². The van der Waals surface area contributed by atoms with Crippen LogP contribution in [-0.4, -0.2) is 54.2 Å². The number of amides is 1. The van der Waals surface area contributed by atoms with Gasteiger partial charge in [-0.2, -0.15) is 0 Å². The van der Waals surface area contributed by atoms with E-state index in [0.717, 1.165) is 25.2 Å². The Bertz CT molecular complexity index is 437. The predicted molar refractivity (Wildman–Crippen MR) is 73.8 cm³/mol. The fraction of sp³-hybridized carbons (Fsp3) is 0.467. The molecule has 4 nitrogen and oxygen atoms in total. The zero-order valence-corrected chi connectivity index (χ0v) is 11.3. The van der Waals surface area contributed by atoms with Crippen LogP contribution in [0.3, 0.4) is 0 Å². The molecule has 4 heteroatoms. The number of nitrogens with zero attached hydrogens (tertiary/aromatic N) is 2. The van der Waals surface area contributed by atoms with Crippen molar-refractivity contribution in [1.29, 1.82) is 0 Å². The Hall–Kier alpha value is -1.68. The molecule has 0 aliphatic carbocycles. The molecule has 0 unspecified atom stereocenters. The van der Waals surface area contributed by atoms with E-state index in [2.05, 4.69) is 11.8 Å². The van der Waals surface area contributed by atoms with Crippen LogP contribution in [-0.2, 0) is 16.0 Å². The van der Waals surface area contributed by atoms with E-state index in [1.54, 1.807) is 4.90 Å². The summed E-state index contributed by atoms with van der Waals surface area (Å²) in [5.41, 5.74) is 0.896. The Balaban J connectivity index is 1.88. The molecule has 0 atom stereocenters. The summed E-state index contributed by atoms with van der Waals surface area (Å²) in [5.74, 6) is -0.643. The third kappa shape index (κ3) is 3.64. The van der Waals surface area contributed by atoms with Crippen molar-refractivity contribution in [3.8, 4) is 0 Å². The van der Waals surface area contributed by atoms with Crippen molar-refractivity contribution < 1.29 is 9.59 Å². The first-order chi connectivity index (χ1) is 9.20. The van der Waals surface area contributed by atoms with Gasteiger partial charge in [-0.15, -0.1) is 0 Å². The average Bonchev–Trinajstić information content (AvgIpc) is 2.47. The highest BCUT2D eigenvalue weighted by atomic mass is 16.2. The molecule has 2 rings (SSSR count). The fourth-order valence-electron chi connectivity index (χ4n) is 2.30. The van der Waals surface area contributed by atoms with Gasteiger partial charge in [-0.3, -0.25) is 9.59 Å². The number of Topliss-reactive ketones (excluding diaryl/α,β-unsaturated/α-hetero) is 1. The summed E-state index contributed by atoms with van der Waals surface area (Å²) in [5, 5.41) is 0. The second-order valence-corrected chi connectivity index (χ2v) is 4.81. The molecule has 1 aliphatic rings. The maximum Gasteiger partial charge on any atom is 0.290 e. The van der Waals surface area contributed by atoms with Gasteiger partial charge in [-0.05, 0) is 12.1 Å². The number of ketones is 1. The highest BCUT2D eigenvalue weighted by Gasteiger charge is 2.25. The van der Waals surface area contributed by atoms with E-state index in [-0.39, 0.29) is 18.1 Å². The van der Waals surface area contributed by atoms with Gasteiger partial charge in [0.2, 0.25) is 5.78 Å². The maximum absolute atomic E-state index is 12.1. The van der Waals surface area contributed by atoms with Gasteiger partial charge in [-0.25, -0.2) is 0 Å². The molecular weight excluding hydrogens is 240 g/mol. The van der Waals surface area contributed by atoms with Crippen LogP contribution >= 0.6 is 0 Å². The molecule has 102 valence electrons. The van der Waals surface area contributed by atoms with E-state index in [1.807, 2.05) is 30.3 Å². The Morgan fingerprint density at radius 1 is 1.05 bits per heavy atom. The molecule has 1 amide bonds. The molecule has 1 aromatic rings. The maximum atomic E-state index is 12.1. The lowest BCUT2D eigenvalue weighted by Gasteiger charge is -2.33. The van der Waals surface area contributed by atoms with Crippen LogP contribution < -0.4 is 0 Å². The topological polar surface area (TPSA) is 40.6 Å². The molecule has 19 heavy (non-hydrogen) atoms. The number of likely N-dealkylation sites (N-methyl/N-ethyl adjacent to an activating group) is 1. The Kier molecular flexibility index (Phi) is 4.68. The summed E-state index contributed by atoms with van der Waals surface area (Å²) in [7, 11) is 0. The number of carbonyl (C=O) groups is 2. The van der Waals surface area contributed by atoms with E-state index in [1.165, 1.54) is 0 Å². The molecule has 1 fully saturated rings. The molecular formula is C15H20N2O2. The molecule has 1 aromatic carbocycles. The summed E-state index contributed by atoms with van der Waals surface area (Å²) in [4.78, 5) is 28.0. The lowest BCUT2D eigenvalue weighted by molar-refractivity contribution is -0.145. The average molecular weight is 260 g/mol. The van der Waals surface area contributed by atoms with Crippen LogP contribution in [0, 0.1) is 0 Å². The van der Waals surface area contributed by atoms with Crippen molar-refractivity contribution in [3.05, 3.63) is 35.9 Å². The third-order valence-corrected chi connectivity index (χ3v) is 3.55. The molecule has 0 bridgehead atoms. The van der Waals surface area contributed by atoms with Gasteiger partial charge in [0.05, 0.1) is 0 Å². The van der Waals surface area contributed by atoms with Crippen molar-refractivity contribution in [3.63, 3.8) is 0 Å². The first kappa shape index (κ1) is 13.7. The summed E-state index contributed by atoms with van der Waals surface area (Å²) in [6.45, 7) is 6.15. The van der Waals surface area contributed by atoms with Crippen LogP contribution in [0.1, 0.15) is 12.5 Å². The minimum atomic E-state index is -0.334. The Labute approximate surface area is 114 Å². The van der Waals surface area contributed by atoms with Crippen molar-refractivity contribution in [1.82, 2.24) is 9.80 Å². The quantitative estimate of drug-likeness (QED) is 0.757. The van der Waals surface area contributed by atoms with Crippen LogP contribution in [0.15, 0.2) is 30.3 Å². The third-order valence-electron chi connectivity index (χ3n) is 3.55. The molecule has 1 heterocycles. The van der Waals surface area contributed by atoms with Crippen molar-refractivity contribution in [2.45, 2.75) is 13.3 Å². The van der Waals surface area contributed by atoms with E-state index in [9.17, 15) is 9.59 Å². The number of benzene rings is 1. The van der Waals surface area contributed by atoms with Gasteiger partial charge >= 0.3 is 0 Å². The van der Waals surface area contributed by atoms with Gasteiger partial charge in [0.15, 0.2) is 0 Å². The van der Waals surface area contributed by atoms with E-state index >= 15 is 0 Å². The highest BCUT2D eigenvalue weighted by Crippen LogP contribution is 2.05. The van der Waals surface area contributed by atoms with Crippen LogP contribution in [0.25, 0.3) is 0 Å². The fourth-order valence-corrected chi connectivity index (χ4v) is 2.30. The van der Waals surface area contributed by atoms with E-state index < -0.39 is 0 Å². The highest BCUT2D eigenvalue weighted by molar-refractivity contribution is 6.36. The Morgan fingerprint density at radius 3 is 2.26 bits per heavy atom. The minimum absolute atomic E-state index is 0.202. The van der Waals surface area contributed by atoms with Gasteiger partial charge in [0.1, 0.15) is 0 Å². The second kappa shape index (κ2) is 6.48. The number of hydrogen-bond donors (Lipinski definition) is 0. The van der Waals surface area contributed by atoms with Gasteiger partial charge < -0.3 is 9.80 Å². The lowest BCUT2D eigenvalue weighted by Crippen LogP contribution is -2.50. The number of piperazine rings is 1. The molecule has 1 saturated heterocycles. The first-order valence-corrected chi connectivity index (χ1v) is 6.79. The molecule has 0 N–H and O–H groups in total. The molecule has 1 aliphatic heterocycles. The summed E-state index contributed by atoms with van der Waals surface area (Å²) >= 11 is 0. The predicted octanol–water partition coefficient (Wildman–Crippen LogP) is 0.962. The van der Waals surface area contributed by atoms with Gasteiger partial charge in [-0.1, -0.05) is 37.3 Å². The molecule has 0 saturated carbocycles. The summed E-state index contributed by atoms with van der Waals surface area (Å²) in [6, 6.07) is 9.42. The zero-order chi connectivity index (χ0) is 13.7. The van der Waals surface area contributed by atoms with Crippen molar-refractivity contribution in [2.24, 2.45) is 0 Å². The largest absolute Gasteiger partial charge is 0.334 e.